The number of aliphatic hydroxyl groups excluding tert-OH is 1. The zero-order valence-electron chi connectivity index (χ0n) is 20.3. The van der Waals surface area contributed by atoms with Gasteiger partial charge in [-0.2, -0.15) is 4.57 Å². The number of fused-ring (bicyclic) bond motifs is 1. The lowest BCUT2D eigenvalue weighted by atomic mass is 9.86. The van der Waals surface area contributed by atoms with Crippen molar-refractivity contribution in [2.75, 3.05) is 13.2 Å². The summed E-state index contributed by atoms with van der Waals surface area (Å²) in [5.41, 5.74) is 7.52. The van der Waals surface area contributed by atoms with Crippen LogP contribution in [0.3, 0.4) is 0 Å². The van der Waals surface area contributed by atoms with Crippen LogP contribution in [0.15, 0.2) is 72.9 Å². The second-order valence-corrected chi connectivity index (χ2v) is 9.51. The quantitative estimate of drug-likeness (QED) is 0.408. The molecule has 0 saturated carbocycles. The molecule has 0 saturated heterocycles. The van der Waals surface area contributed by atoms with Crippen LogP contribution in [0.1, 0.15) is 43.6 Å². The summed E-state index contributed by atoms with van der Waals surface area (Å²) in [5.74, 6) is -0.215. The molecule has 1 amide bonds. The molecule has 0 radical (unpaired) electrons. The van der Waals surface area contributed by atoms with E-state index in [2.05, 4.69) is 74.0 Å². The first-order valence-corrected chi connectivity index (χ1v) is 11.7. The topological polar surface area (TPSA) is 66.1 Å². The zero-order chi connectivity index (χ0) is 24.3. The van der Waals surface area contributed by atoms with E-state index in [1.54, 1.807) is 0 Å². The standard InChI is InChI=1S/C29H31N3O2/c1-5-32-19-26(31-25-8-6-7-9-27(25)32)22-16-21(17-23(18-22)28(34)30-14-15-33)20-10-12-24(13-11-20)29(2,3)4/h6-13,16-19,33H,5,14-15H2,1-4H3/p+1. The summed E-state index contributed by atoms with van der Waals surface area (Å²) in [6.45, 7) is 9.62. The lowest BCUT2D eigenvalue weighted by molar-refractivity contribution is -0.667. The highest BCUT2D eigenvalue weighted by atomic mass is 16.3. The number of carbonyl (C=O) groups excluding carboxylic acids is 1. The molecule has 34 heavy (non-hydrogen) atoms. The smallest absolute Gasteiger partial charge is 0.251 e. The average molecular weight is 455 g/mol. The Morgan fingerprint density at radius 2 is 1.68 bits per heavy atom. The maximum absolute atomic E-state index is 12.8. The summed E-state index contributed by atoms with van der Waals surface area (Å²) in [6, 6.07) is 22.4. The molecule has 0 atom stereocenters. The van der Waals surface area contributed by atoms with Crippen LogP contribution in [0.4, 0.5) is 0 Å². The van der Waals surface area contributed by atoms with E-state index in [1.807, 2.05) is 36.5 Å². The van der Waals surface area contributed by atoms with Crippen molar-refractivity contribution >= 4 is 16.9 Å². The van der Waals surface area contributed by atoms with Crippen molar-refractivity contribution in [1.82, 2.24) is 10.3 Å². The van der Waals surface area contributed by atoms with Gasteiger partial charge in [0, 0.05) is 23.7 Å². The number of aliphatic hydroxyl groups is 1. The molecule has 5 nitrogen and oxygen atoms in total. The SMILES string of the molecule is CC[n+]1cc(-c2cc(C(=O)NCCO)cc(-c3ccc(C(C)(C)C)cc3)c2)nc2ccccc21. The Morgan fingerprint density at radius 3 is 2.35 bits per heavy atom. The highest BCUT2D eigenvalue weighted by Crippen LogP contribution is 2.30. The molecule has 5 heteroatoms. The van der Waals surface area contributed by atoms with Crippen LogP contribution in [-0.2, 0) is 12.0 Å². The molecule has 1 aromatic heterocycles. The maximum atomic E-state index is 12.8. The summed E-state index contributed by atoms with van der Waals surface area (Å²) < 4.78 is 2.17. The summed E-state index contributed by atoms with van der Waals surface area (Å²) in [5, 5.41) is 11.9. The zero-order valence-corrected chi connectivity index (χ0v) is 20.3. The van der Waals surface area contributed by atoms with Crippen LogP contribution in [0.5, 0.6) is 0 Å². The normalized spacial score (nSPS) is 11.6. The first-order valence-electron chi connectivity index (χ1n) is 11.7. The Hall–Kier alpha value is -3.57. The maximum Gasteiger partial charge on any atom is 0.251 e. The van der Waals surface area contributed by atoms with Gasteiger partial charge in [-0.05, 0) is 53.3 Å². The van der Waals surface area contributed by atoms with E-state index < -0.39 is 0 Å². The number of rotatable bonds is 6. The molecule has 1 heterocycles. The third-order valence-corrected chi connectivity index (χ3v) is 6.02. The fraction of sp³-hybridized carbons (Fsp3) is 0.276. The van der Waals surface area contributed by atoms with Gasteiger partial charge in [-0.25, -0.2) is 4.98 Å². The molecule has 2 N–H and O–H groups in total. The Labute approximate surface area is 201 Å². The van der Waals surface area contributed by atoms with Crippen molar-refractivity contribution in [3.63, 3.8) is 0 Å². The van der Waals surface area contributed by atoms with Crippen LogP contribution in [0.25, 0.3) is 33.4 Å². The molecule has 0 aliphatic carbocycles. The lowest BCUT2D eigenvalue weighted by Crippen LogP contribution is -2.33. The largest absolute Gasteiger partial charge is 0.395 e. The minimum Gasteiger partial charge on any atom is -0.395 e. The van der Waals surface area contributed by atoms with E-state index in [9.17, 15) is 4.79 Å². The molecule has 0 fully saturated rings. The van der Waals surface area contributed by atoms with Crippen LogP contribution in [0, 0.1) is 0 Å². The predicted octanol–water partition coefficient (Wildman–Crippen LogP) is 4.90. The highest BCUT2D eigenvalue weighted by molar-refractivity contribution is 5.97. The highest BCUT2D eigenvalue weighted by Gasteiger charge is 2.17. The van der Waals surface area contributed by atoms with E-state index in [1.165, 1.54) is 5.56 Å². The molecule has 0 spiro atoms. The van der Waals surface area contributed by atoms with Gasteiger partial charge < -0.3 is 10.4 Å². The van der Waals surface area contributed by atoms with Gasteiger partial charge in [0.1, 0.15) is 17.8 Å². The molecule has 174 valence electrons. The summed E-state index contributed by atoms with van der Waals surface area (Å²) in [6.07, 6.45) is 2.04. The van der Waals surface area contributed by atoms with Crippen LogP contribution in [-0.4, -0.2) is 29.1 Å². The van der Waals surface area contributed by atoms with Gasteiger partial charge in [-0.1, -0.05) is 57.2 Å². The Kier molecular flexibility index (Phi) is 6.75. The van der Waals surface area contributed by atoms with Crippen LogP contribution >= 0.6 is 0 Å². The van der Waals surface area contributed by atoms with Gasteiger partial charge in [0.15, 0.2) is 6.20 Å². The van der Waals surface area contributed by atoms with Gasteiger partial charge in [0.05, 0.1) is 6.61 Å². The Morgan fingerprint density at radius 1 is 0.971 bits per heavy atom. The lowest BCUT2D eigenvalue weighted by Gasteiger charge is -2.19. The molecule has 4 rings (SSSR count). The molecule has 4 aromatic rings. The van der Waals surface area contributed by atoms with Crippen molar-refractivity contribution < 1.29 is 14.5 Å². The van der Waals surface area contributed by atoms with E-state index in [0.717, 1.165) is 40.0 Å². The summed E-state index contributed by atoms with van der Waals surface area (Å²) >= 11 is 0. The second kappa shape index (κ2) is 9.74. The predicted molar refractivity (Wildman–Crippen MR) is 137 cm³/mol. The number of aryl methyl sites for hydroxylation is 1. The van der Waals surface area contributed by atoms with Crippen molar-refractivity contribution in [3.05, 3.63) is 84.1 Å². The number of aromatic nitrogens is 2. The van der Waals surface area contributed by atoms with Gasteiger partial charge in [0.2, 0.25) is 5.52 Å². The number of hydrogen-bond acceptors (Lipinski definition) is 3. The van der Waals surface area contributed by atoms with Crippen molar-refractivity contribution in [2.24, 2.45) is 0 Å². The van der Waals surface area contributed by atoms with Crippen LogP contribution < -0.4 is 9.88 Å². The van der Waals surface area contributed by atoms with Crippen molar-refractivity contribution in [2.45, 2.75) is 39.7 Å². The minimum absolute atomic E-state index is 0.0680. The van der Waals surface area contributed by atoms with Gasteiger partial charge in [-0.3, -0.25) is 4.79 Å². The van der Waals surface area contributed by atoms with Gasteiger partial charge in [0.25, 0.3) is 5.91 Å². The van der Waals surface area contributed by atoms with E-state index in [0.29, 0.717) is 5.56 Å². The molecule has 3 aromatic carbocycles. The monoisotopic (exact) mass is 454 g/mol. The molecule has 0 unspecified atom stereocenters. The average Bonchev–Trinajstić information content (AvgIpc) is 2.85. The Balaban J connectivity index is 1.86. The van der Waals surface area contributed by atoms with Crippen molar-refractivity contribution in [1.29, 1.82) is 0 Å². The van der Waals surface area contributed by atoms with E-state index in [-0.39, 0.29) is 24.5 Å². The van der Waals surface area contributed by atoms with Gasteiger partial charge >= 0.3 is 0 Å². The third kappa shape index (κ3) is 5.00. The minimum atomic E-state index is -0.215. The summed E-state index contributed by atoms with van der Waals surface area (Å²) in [7, 11) is 0. The first-order chi connectivity index (χ1) is 16.3. The number of amides is 1. The van der Waals surface area contributed by atoms with Gasteiger partial charge in [-0.15, -0.1) is 0 Å². The number of carbonyl (C=O) groups is 1. The number of nitrogens with one attached hydrogen (secondary N) is 1. The van der Waals surface area contributed by atoms with Crippen LogP contribution in [0.2, 0.25) is 0 Å². The molecule has 0 aliphatic heterocycles. The molecular formula is C29H32N3O2+. The number of nitrogens with zero attached hydrogens (tertiary/aromatic N) is 2. The fourth-order valence-electron chi connectivity index (χ4n) is 4.09. The molecule has 0 aliphatic rings. The summed E-state index contributed by atoms with van der Waals surface area (Å²) in [4.78, 5) is 17.7. The van der Waals surface area contributed by atoms with Crippen molar-refractivity contribution in [3.8, 4) is 22.4 Å². The first kappa shape index (κ1) is 23.6. The second-order valence-electron chi connectivity index (χ2n) is 9.51. The molecular weight excluding hydrogens is 422 g/mol. The fourth-order valence-corrected chi connectivity index (χ4v) is 4.09. The number of benzene rings is 3. The number of para-hydroxylation sites is 2. The molecule has 0 bridgehead atoms. The van der Waals surface area contributed by atoms with E-state index >= 15 is 0 Å². The number of hydrogen-bond donors (Lipinski definition) is 2. The third-order valence-electron chi connectivity index (χ3n) is 6.02. The van der Waals surface area contributed by atoms with E-state index in [4.69, 9.17) is 10.1 Å². The Bertz CT molecular complexity index is 1320.